The fraction of sp³-hybridized carbons (Fsp3) is 0.429. The van der Waals surface area contributed by atoms with E-state index in [-0.39, 0.29) is 11.7 Å². The molecule has 0 atom stereocenters. The second-order valence-electron chi connectivity index (χ2n) is 7.19. The van der Waals surface area contributed by atoms with Crippen molar-refractivity contribution in [2.45, 2.75) is 25.7 Å². The molecule has 1 fully saturated rings. The Hall–Kier alpha value is -1.73. The van der Waals surface area contributed by atoms with Crippen molar-refractivity contribution >= 4 is 39.6 Å². The van der Waals surface area contributed by atoms with Gasteiger partial charge in [0.15, 0.2) is 5.78 Å². The molecule has 28 heavy (non-hydrogen) atoms. The molecule has 2 aliphatic rings. The molecule has 1 aromatic carbocycles. The van der Waals surface area contributed by atoms with E-state index in [9.17, 15) is 9.59 Å². The van der Waals surface area contributed by atoms with E-state index in [1.807, 2.05) is 0 Å². The highest BCUT2D eigenvalue weighted by Crippen LogP contribution is 2.39. The summed E-state index contributed by atoms with van der Waals surface area (Å²) >= 11 is 7.53. The number of benzene rings is 1. The predicted octanol–water partition coefficient (Wildman–Crippen LogP) is 3.78. The van der Waals surface area contributed by atoms with E-state index >= 15 is 0 Å². The number of thiophene rings is 1. The lowest BCUT2D eigenvalue weighted by Crippen LogP contribution is -2.41. The lowest BCUT2D eigenvalue weighted by atomic mass is 9.92. The maximum Gasteiger partial charge on any atom is 0.239 e. The number of hydrogen-bond acceptors (Lipinski definition) is 5. The molecule has 0 saturated carbocycles. The molecule has 0 spiro atoms. The van der Waals surface area contributed by atoms with E-state index in [1.54, 1.807) is 35.6 Å². The molecule has 0 unspecified atom stereocenters. The van der Waals surface area contributed by atoms with Gasteiger partial charge in [0.05, 0.1) is 25.3 Å². The summed E-state index contributed by atoms with van der Waals surface area (Å²) in [4.78, 5) is 29.2. The van der Waals surface area contributed by atoms with Gasteiger partial charge >= 0.3 is 0 Å². The number of ether oxygens (including phenoxy) is 1. The van der Waals surface area contributed by atoms with E-state index in [0.29, 0.717) is 40.9 Å². The summed E-state index contributed by atoms with van der Waals surface area (Å²) in [6.07, 6.45) is 4.06. The molecule has 2 aromatic rings. The van der Waals surface area contributed by atoms with Crippen LogP contribution in [0, 0.1) is 0 Å². The third-order valence-corrected chi connectivity index (χ3v) is 6.69. The smallest absolute Gasteiger partial charge is 0.239 e. The summed E-state index contributed by atoms with van der Waals surface area (Å²) in [7, 11) is 0. The third kappa shape index (κ3) is 4.30. The minimum atomic E-state index is -0.0781. The first-order valence-corrected chi connectivity index (χ1v) is 10.9. The van der Waals surface area contributed by atoms with Crippen LogP contribution in [0.4, 0.5) is 5.00 Å². The van der Waals surface area contributed by atoms with Gasteiger partial charge in [0, 0.05) is 28.6 Å². The van der Waals surface area contributed by atoms with Gasteiger partial charge in [0.25, 0.3) is 0 Å². The highest BCUT2D eigenvalue weighted by Gasteiger charge is 2.27. The molecule has 0 bridgehead atoms. The Labute approximate surface area is 173 Å². The molecule has 0 radical (unpaired) electrons. The average Bonchev–Trinajstić information content (AvgIpc) is 3.06. The molecular formula is C21H23ClN2O3S. The van der Waals surface area contributed by atoms with Crippen molar-refractivity contribution in [2.24, 2.45) is 0 Å². The largest absolute Gasteiger partial charge is 0.379 e. The quantitative estimate of drug-likeness (QED) is 0.750. The average molecular weight is 419 g/mol. The maximum absolute atomic E-state index is 13.3. The van der Waals surface area contributed by atoms with Crippen molar-refractivity contribution in [3.05, 3.63) is 50.9 Å². The number of amides is 1. The number of nitrogens with zero attached hydrogens (tertiary/aromatic N) is 1. The summed E-state index contributed by atoms with van der Waals surface area (Å²) in [6.45, 7) is 3.14. The van der Waals surface area contributed by atoms with Gasteiger partial charge in [-0.1, -0.05) is 11.6 Å². The minimum absolute atomic E-state index is 0.0438. The zero-order chi connectivity index (χ0) is 19.5. The summed E-state index contributed by atoms with van der Waals surface area (Å²) in [5.74, 6) is -0.122. The number of carbonyl (C=O) groups excluding carboxylic acids is 2. The number of rotatable bonds is 5. The number of ketones is 1. The molecule has 7 heteroatoms. The van der Waals surface area contributed by atoms with Crippen LogP contribution >= 0.6 is 22.9 Å². The number of fused-ring (bicyclic) bond motifs is 1. The van der Waals surface area contributed by atoms with Crippen LogP contribution < -0.4 is 5.32 Å². The first-order valence-electron chi connectivity index (χ1n) is 9.66. The number of carbonyl (C=O) groups is 2. The topological polar surface area (TPSA) is 58.6 Å². The Bertz CT molecular complexity index is 873. The number of anilines is 1. The molecule has 2 heterocycles. The number of nitrogens with one attached hydrogen (secondary N) is 1. The fourth-order valence-electron chi connectivity index (χ4n) is 3.77. The van der Waals surface area contributed by atoms with E-state index in [1.165, 1.54) is 4.88 Å². The number of hydrogen-bond donors (Lipinski definition) is 1. The molecule has 1 saturated heterocycles. The van der Waals surface area contributed by atoms with Crippen LogP contribution in [0.1, 0.15) is 39.2 Å². The van der Waals surface area contributed by atoms with Crippen LogP contribution in [0.5, 0.6) is 0 Å². The summed E-state index contributed by atoms with van der Waals surface area (Å²) in [6, 6.07) is 6.95. The van der Waals surface area contributed by atoms with Gasteiger partial charge < -0.3 is 10.1 Å². The lowest BCUT2D eigenvalue weighted by Gasteiger charge is -2.25. The Balaban J connectivity index is 1.59. The molecule has 5 nitrogen and oxygen atoms in total. The number of halogens is 1. The van der Waals surface area contributed by atoms with Gasteiger partial charge in [-0.05, 0) is 55.5 Å². The van der Waals surface area contributed by atoms with Crippen LogP contribution in [0.15, 0.2) is 24.3 Å². The van der Waals surface area contributed by atoms with Crippen molar-refractivity contribution in [1.82, 2.24) is 4.90 Å². The normalized spacial score (nSPS) is 17.2. The van der Waals surface area contributed by atoms with Crippen molar-refractivity contribution in [1.29, 1.82) is 0 Å². The Kier molecular flexibility index (Phi) is 6.11. The molecular weight excluding hydrogens is 396 g/mol. The van der Waals surface area contributed by atoms with E-state index < -0.39 is 0 Å². The van der Waals surface area contributed by atoms with E-state index in [2.05, 4.69) is 10.2 Å². The van der Waals surface area contributed by atoms with Gasteiger partial charge in [-0.15, -0.1) is 11.3 Å². The van der Waals surface area contributed by atoms with Gasteiger partial charge in [0.2, 0.25) is 5.91 Å². The second-order valence-corrected chi connectivity index (χ2v) is 8.73. The Morgan fingerprint density at radius 2 is 1.82 bits per heavy atom. The van der Waals surface area contributed by atoms with E-state index in [4.69, 9.17) is 16.3 Å². The predicted molar refractivity (Wildman–Crippen MR) is 112 cm³/mol. The maximum atomic E-state index is 13.3. The fourth-order valence-corrected chi connectivity index (χ4v) is 5.20. The molecule has 1 aliphatic heterocycles. The van der Waals surface area contributed by atoms with Crippen LogP contribution in [0.2, 0.25) is 5.02 Å². The Morgan fingerprint density at radius 3 is 2.57 bits per heavy atom. The highest BCUT2D eigenvalue weighted by atomic mass is 35.5. The first-order chi connectivity index (χ1) is 13.6. The molecule has 1 amide bonds. The molecule has 1 N–H and O–H groups in total. The van der Waals surface area contributed by atoms with Crippen LogP contribution in [-0.4, -0.2) is 49.4 Å². The monoisotopic (exact) mass is 418 g/mol. The summed E-state index contributed by atoms with van der Waals surface area (Å²) in [5.41, 5.74) is 2.37. The summed E-state index contributed by atoms with van der Waals surface area (Å²) in [5, 5.41) is 4.31. The number of morpholine rings is 1. The van der Waals surface area contributed by atoms with Gasteiger partial charge in [-0.25, -0.2) is 0 Å². The molecule has 1 aromatic heterocycles. The molecule has 4 rings (SSSR count). The first kappa shape index (κ1) is 19.6. The zero-order valence-corrected chi connectivity index (χ0v) is 17.2. The molecule has 1 aliphatic carbocycles. The third-order valence-electron chi connectivity index (χ3n) is 5.23. The van der Waals surface area contributed by atoms with Crippen molar-refractivity contribution in [3.63, 3.8) is 0 Å². The van der Waals surface area contributed by atoms with Gasteiger partial charge in [-0.2, -0.15) is 0 Å². The van der Waals surface area contributed by atoms with Gasteiger partial charge in [0.1, 0.15) is 5.00 Å². The standard InChI is InChI=1S/C21H23ClN2O3S/c22-15-7-5-14(6-8-15)20(26)19-16-3-1-2-4-17(16)28-21(19)23-18(25)13-24-9-11-27-12-10-24/h5-8H,1-4,9-13H2,(H,23,25). The number of aryl methyl sites for hydroxylation is 1. The van der Waals surface area contributed by atoms with Crippen LogP contribution in [0.3, 0.4) is 0 Å². The zero-order valence-electron chi connectivity index (χ0n) is 15.6. The lowest BCUT2D eigenvalue weighted by molar-refractivity contribution is -0.118. The van der Waals surface area contributed by atoms with Crippen LogP contribution in [0.25, 0.3) is 0 Å². The van der Waals surface area contributed by atoms with Crippen molar-refractivity contribution < 1.29 is 14.3 Å². The van der Waals surface area contributed by atoms with E-state index in [0.717, 1.165) is 44.3 Å². The van der Waals surface area contributed by atoms with Crippen molar-refractivity contribution in [3.8, 4) is 0 Å². The second kappa shape index (κ2) is 8.74. The summed E-state index contributed by atoms with van der Waals surface area (Å²) < 4.78 is 5.34. The Morgan fingerprint density at radius 1 is 1.11 bits per heavy atom. The van der Waals surface area contributed by atoms with Crippen molar-refractivity contribution in [2.75, 3.05) is 38.2 Å². The highest BCUT2D eigenvalue weighted by molar-refractivity contribution is 7.17. The SMILES string of the molecule is O=C(CN1CCOCC1)Nc1sc2c(c1C(=O)c1ccc(Cl)cc1)CCCC2. The minimum Gasteiger partial charge on any atom is -0.379 e. The molecule has 148 valence electrons. The van der Waals surface area contributed by atoms with Gasteiger partial charge in [-0.3, -0.25) is 14.5 Å². The van der Waals surface area contributed by atoms with Crippen LogP contribution in [-0.2, 0) is 22.4 Å².